The first kappa shape index (κ1) is 15.7. The summed E-state index contributed by atoms with van der Waals surface area (Å²) in [5.74, 6) is -1.89. The van der Waals surface area contributed by atoms with Gasteiger partial charge in [-0.3, -0.25) is 24.1 Å². The van der Waals surface area contributed by atoms with E-state index in [-0.39, 0.29) is 29.6 Å². The van der Waals surface area contributed by atoms with E-state index in [9.17, 15) is 19.2 Å². The van der Waals surface area contributed by atoms with Gasteiger partial charge >= 0.3 is 0 Å². The predicted molar refractivity (Wildman–Crippen MR) is 78.1 cm³/mol. The molecule has 0 saturated carbocycles. The maximum absolute atomic E-state index is 12.1. The minimum absolute atomic E-state index is 0.0272. The van der Waals surface area contributed by atoms with Crippen LogP contribution in [0.25, 0.3) is 0 Å². The molecule has 7 nitrogen and oxygen atoms in total. The largest absolute Gasteiger partial charge is 0.352 e. The number of fused-ring (bicyclic) bond motifs is 1. The Morgan fingerprint density at radius 1 is 1.05 bits per heavy atom. The van der Waals surface area contributed by atoms with Gasteiger partial charge < -0.3 is 10.6 Å². The molecule has 1 aromatic rings. The lowest BCUT2D eigenvalue weighted by Crippen LogP contribution is -2.44. The average molecular weight is 303 g/mol. The van der Waals surface area contributed by atoms with E-state index in [4.69, 9.17) is 0 Å². The van der Waals surface area contributed by atoms with E-state index in [1.807, 2.05) is 0 Å². The van der Waals surface area contributed by atoms with Gasteiger partial charge in [-0.2, -0.15) is 0 Å². The van der Waals surface area contributed by atoms with Crippen LogP contribution in [0.15, 0.2) is 24.3 Å². The Hall–Kier alpha value is -2.70. The minimum atomic E-state index is -0.562. The summed E-state index contributed by atoms with van der Waals surface area (Å²) in [4.78, 5) is 48.2. The van der Waals surface area contributed by atoms with Gasteiger partial charge in [0.25, 0.3) is 11.8 Å². The van der Waals surface area contributed by atoms with Gasteiger partial charge in [0, 0.05) is 6.04 Å². The molecule has 0 saturated heterocycles. The fourth-order valence-corrected chi connectivity index (χ4v) is 2.13. The SMILES string of the molecule is CC(C)NC(=O)CNC(=O)CN1C(=O)c2ccccc2C1=O. The van der Waals surface area contributed by atoms with Crippen molar-refractivity contribution in [3.8, 4) is 0 Å². The lowest BCUT2D eigenvalue weighted by molar-refractivity contribution is -0.126. The molecule has 116 valence electrons. The molecule has 1 aliphatic heterocycles. The fourth-order valence-electron chi connectivity index (χ4n) is 2.13. The highest BCUT2D eigenvalue weighted by Gasteiger charge is 2.36. The van der Waals surface area contributed by atoms with E-state index >= 15 is 0 Å². The van der Waals surface area contributed by atoms with Crippen LogP contribution in [0.4, 0.5) is 0 Å². The standard InChI is InChI=1S/C15H17N3O4/c1-9(2)17-12(19)7-16-13(20)8-18-14(21)10-5-3-4-6-11(10)15(18)22/h3-6,9H,7-8H2,1-2H3,(H,16,20)(H,17,19). The van der Waals surface area contributed by atoms with Crippen LogP contribution in [0.3, 0.4) is 0 Å². The number of rotatable bonds is 5. The van der Waals surface area contributed by atoms with Crippen molar-refractivity contribution in [3.63, 3.8) is 0 Å². The predicted octanol–water partition coefficient (Wildman–Crippen LogP) is -0.0766. The number of nitrogens with one attached hydrogen (secondary N) is 2. The Morgan fingerprint density at radius 2 is 1.59 bits per heavy atom. The molecule has 1 heterocycles. The number of hydrogen-bond acceptors (Lipinski definition) is 4. The summed E-state index contributed by atoms with van der Waals surface area (Å²) in [5.41, 5.74) is 0.579. The van der Waals surface area contributed by atoms with E-state index in [0.717, 1.165) is 4.90 Å². The second-order valence-electron chi connectivity index (χ2n) is 5.24. The lowest BCUT2D eigenvalue weighted by Gasteiger charge is -2.14. The summed E-state index contributed by atoms with van der Waals surface area (Å²) in [5, 5.41) is 5.01. The van der Waals surface area contributed by atoms with Crippen LogP contribution in [0, 0.1) is 0 Å². The zero-order chi connectivity index (χ0) is 16.3. The molecule has 22 heavy (non-hydrogen) atoms. The Labute approximate surface area is 127 Å². The van der Waals surface area contributed by atoms with E-state index in [1.165, 1.54) is 0 Å². The molecule has 0 atom stereocenters. The Kier molecular flexibility index (Phi) is 4.55. The topological polar surface area (TPSA) is 95.6 Å². The van der Waals surface area contributed by atoms with Crippen molar-refractivity contribution in [2.75, 3.05) is 13.1 Å². The lowest BCUT2D eigenvalue weighted by atomic mass is 10.1. The molecular weight excluding hydrogens is 286 g/mol. The van der Waals surface area contributed by atoms with Gasteiger partial charge in [-0.15, -0.1) is 0 Å². The fraction of sp³-hybridized carbons (Fsp3) is 0.333. The van der Waals surface area contributed by atoms with Gasteiger partial charge in [-0.25, -0.2) is 0 Å². The van der Waals surface area contributed by atoms with Crippen LogP contribution < -0.4 is 10.6 Å². The first-order valence-electron chi connectivity index (χ1n) is 6.91. The summed E-state index contributed by atoms with van der Waals surface area (Å²) < 4.78 is 0. The van der Waals surface area contributed by atoms with Crippen molar-refractivity contribution in [1.82, 2.24) is 15.5 Å². The molecule has 0 radical (unpaired) electrons. The van der Waals surface area contributed by atoms with Crippen molar-refractivity contribution in [1.29, 1.82) is 0 Å². The molecule has 1 aromatic carbocycles. The first-order valence-corrected chi connectivity index (χ1v) is 6.91. The van der Waals surface area contributed by atoms with Gasteiger partial charge in [0.1, 0.15) is 6.54 Å². The highest BCUT2D eigenvalue weighted by molar-refractivity contribution is 6.22. The van der Waals surface area contributed by atoms with Gasteiger partial charge in [0.05, 0.1) is 17.7 Å². The van der Waals surface area contributed by atoms with Crippen LogP contribution in [0.5, 0.6) is 0 Å². The highest BCUT2D eigenvalue weighted by atomic mass is 16.2. The van der Waals surface area contributed by atoms with Crippen molar-refractivity contribution in [2.24, 2.45) is 0 Å². The first-order chi connectivity index (χ1) is 10.4. The van der Waals surface area contributed by atoms with Crippen LogP contribution in [-0.2, 0) is 9.59 Å². The van der Waals surface area contributed by atoms with Crippen molar-refractivity contribution in [2.45, 2.75) is 19.9 Å². The third-order valence-corrected chi connectivity index (χ3v) is 3.08. The monoisotopic (exact) mass is 303 g/mol. The quantitative estimate of drug-likeness (QED) is 0.744. The summed E-state index contributed by atoms with van der Waals surface area (Å²) >= 11 is 0. The van der Waals surface area contributed by atoms with E-state index in [0.29, 0.717) is 0 Å². The molecule has 7 heteroatoms. The molecule has 0 unspecified atom stereocenters. The number of nitrogens with zero attached hydrogens (tertiary/aromatic N) is 1. The third-order valence-electron chi connectivity index (χ3n) is 3.08. The van der Waals surface area contributed by atoms with Gasteiger partial charge in [-0.05, 0) is 26.0 Å². The molecule has 1 aliphatic rings. The number of carbonyl (C=O) groups excluding carboxylic acids is 4. The van der Waals surface area contributed by atoms with Crippen LogP contribution in [0.2, 0.25) is 0 Å². The molecular formula is C15H17N3O4. The minimum Gasteiger partial charge on any atom is -0.352 e. The summed E-state index contributed by atoms with van der Waals surface area (Å²) in [6, 6.07) is 6.38. The maximum Gasteiger partial charge on any atom is 0.262 e. The number of amides is 4. The van der Waals surface area contributed by atoms with Crippen LogP contribution in [0.1, 0.15) is 34.6 Å². The van der Waals surface area contributed by atoms with E-state index in [1.54, 1.807) is 38.1 Å². The number of benzene rings is 1. The highest BCUT2D eigenvalue weighted by Crippen LogP contribution is 2.21. The number of hydrogen-bond donors (Lipinski definition) is 2. The molecule has 0 aliphatic carbocycles. The molecule has 2 N–H and O–H groups in total. The Bertz CT molecular complexity index is 604. The second kappa shape index (κ2) is 6.38. The Morgan fingerprint density at radius 3 is 2.09 bits per heavy atom. The number of imide groups is 1. The summed E-state index contributed by atoms with van der Waals surface area (Å²) in [6.07, 6.45) is 0. The molecule has 0 aromatic heterocycles. The van der Waals surface area contributed by atoms with Gasteiger partial charge in [0.15, 0.2) is 0 Å². The van der Waals surface area contributed by atoms with E-state index in [2.05, 4.69) is 10.6 Å². The molecule has 0 bridgehead atoms. The summed E-state index contributed by atoms with van der Waals surface area (Å²) in [6.45, 7) is 3.01. The van der Waals surface area contributed by atoms with Crippen LogP contribution >= 0.6 is 0 Å². The van der Waals surface area contributed by atoms with Gasteiger partial charge in [-0.1, -0.05) is 12.1 Å². The average Bonchev–Trinajstić information content (AvgIpc) is 2.70. The van der Waals surface area contributed by atoms with Crippen molar-refractivity contribution in [3.05, 3.63) is 35.4 Å². The smallest absolute Gasteiger partial charge is 0.262 e. The van der Waals surface area contributed by atoms with Crippen LogP contribution in [-0.4, -0.2) is 47.7 Å². The maximum atomic E-state index is 12.1. The normalized spacial score (nSPS) is 13.3. The molecule has 4 amide bonds. The van der Waals surface area contributed by atoms with Crippen molar-refractivity contribution >= 4 is 23.6 Å². The summed E-state index contributed by atoms with van der Waals surface area (Å²) in [7, 11) is 0. The Balaban J connectivity index is 1.92. The zero-order valence-corrected chi connectivity index (χ0v) is 12.4. The third kappa shape index (κ3) is 3.30. The van der Waals surface area contributed by atoms with Gasteiger partial charge in [0.2, 0.25) is 11.8 Å². The van der Waals surface area contributed by atoms with Crippen molar-refractivity contribution < 1.29 is 19.2 Å². The number of carbonyl (C=O) groups is 4. The molecule has 0 fully saturated rings. The van der Waals surface area contributed by atoms with E-state index < -0.39 is 24.3 Å². The second-order valence-corrected chi connectivity index (χ2v) is 5.24. The zero-order valence-electron chi connectivity index (χ0n) is 12.4. The molecule has 0 spiro atoms. The molecule has 2 rings (SSSR count).